The molecular formula is C29H33FN10. The number of piperazine rings is 1. The van der Waals surface area contributed by atoms with Crippen LogP contribution in [0.25, 0.3) is 44.8 Å². The quantitative estimate of drug-likeness (QED) is 0.282. The highest BCUT2D eigenvalue weighted by Gasteiger charge is 2.23. The molecule has 1 aliphatic heterocycles. The van der Waals surface area contributed by atoms with Crippen molar-refractivity contribution in [2.24, 2.45) is 5.92 Å². The lowest BCUT2D eigenvalue weighted by molar-refractivity contribution is 0.313. The summed E-state index contributed by atoms with van der Waals surface area (Å²) in [6.45, 7) is 5.49. The Hall–Kier alpha value is -3.96. The minimum Gasteiger partial charge on any atom is -0.367 e. The third-order valence-corrected chi connectivity index (χ3v) is 8.28. The van der Waals surface area contributed by atoms with E-state index in [0.29, 0.717) is 40.2 Å². The number of likely N-dealkylation sites (N-methyl/N-ethyl adjacent to an activating group) is 1. The number of anilines is 1. The Bertz CT molecular complexity index is 1650. The topological polar surface area (TPSA) is 115 Å². The molecule has 1 saturated carbocycles. The van der Waals surface area contributed by atoms with E-state index in [0.717, 1.165) is 55.4 Å². The number of imidazole rings is 1. The van der Waals surface area contributed by atoms with Gasteiger partial charge in [0.25, 0.3) is 0 Å². The van der Waals surface area contributed by atoms with Crippen LogP contribution in [0.1, 0.15) is 31.2 Å². The molecule has 3 N–H and O–H groups in total. The average Bonchev–Trinajstić information content (AvgIpc) is 3.73. The number of H-pyrrole nitrogens is 2. The maximum Gasteiger partial charge on any atom is 0.161 e. The Morgan fingerprint density at radius 1 is 1.05 bits per heavy atom. The number of hydrogen-bond donors (Lipinski definition) is 3. The van der Waals surface area contributed by atoms with Crippen LogP contribution in [0.15, 0.2) is 36.9 Å². The third kappa shape index (κ3) is 4.69. The third-order valence-electron chi connectivity index (χ3n) is 8.28. The highest BCUT2D eigenvalue weighted by Crippen LogP contribution is 2.34. The fourth-order valence-corrected chi connectivity index (χ4v) is 6.01. The summed E-state index contributed by atoms with van der Waals surface area (Å²) in [5.74, 6) is 0.768. The maximum atomic E-state index is 16.1. The van der Waals surface area contributed by atoms with Gasteiger partial charge in [-0.1, -0.05) is 12.8 Å². The number of nitrogens with one attached hydrogen (secondary N) is 3. The van der Waals surface area contributed by atoms with E-state index in [-0.39, 0.29) is 5.69 Å². The van der Waals surface area contributed by atoms with Gasteiger partial charge in [-0.15, -0.1) is 0 Å². The summed E-state index contributed by atoms with van der Waals surface area (Å²) in [4.78, 5) is 26.1. The molecule has 0 unspecified atom stereocenters. The number of pyridine rings is 3. The van der Waals surface area contributed by atoms with Crippen LogP contribution in [0.2, 0.25) is 0 Å². The van der Waals surface area contributed by atoms with Gasteiger partial charge in [-0.2, -0.15) is 5.10 Å². The molecule has 1 aliphatic carbocycles. The Morgan fingerprint density at radius 3 is 2.75 bits per heavy atom. The summed E-state index contributed by atoms with van der Waals surface area (Å²) in [6, 6.07) is 3.95. The summed E-state index contributed by atoms with van der Waals surface area (Å²) in [5, 5.41) is 11.2. The Balaban J connectivity index is 1.20. The highest BCUT2D eigenvalue weighted by atomic mass is 19.1. The Morgan fingerprint density at radius 2 is 1.90 bits per heavy atom. The Kier molecular flexibility index (Phi) is 6.60. The monoisotopic (exact) mass is 540 g/mol. The number of aromatic nitrogens is 7. The van der Waals surface area contributed by atoms with Crippen molar-refractivity contribution in [3.63, 3.8) is 0 Å². The zero-order valence-electron chi connectivity index (χ0n) is 22.6. The minimum atomic E-state index is -0.452. The average molecular weight is 541 g/mol. The van der Waals surface area contributed by atoms with Gasteiger partial charge in [0.05, 0.1) is 22.8 Å². The molecule has 5 aromatic rings. The van der Waals surface area contributed by atoms with Crippen LogP contribution < -0.4 is 10.2 Å². The van der Waals surface area contributed by atoms with E-state index in [1.54, 1.807) is 18.6 Å². The number of fused-ring (bicyclic) bond motifs is 2. The van der Waals surface area contributed by atoms with Crippen molar-refractivity contribution in [3.8, 4) is 22.8 Å². The molecule has 2 fully saturated rings. The van der Waals surface area contributed by atoms with Crippen LogP contribution in [0.4, 0.5) is 10.1 Å². The van der Waals surface area contributed by atoms with Crippen LogP contribution >= 0.6 is 0 Å². The normalized spacial score (nSPS) is 17.0. The number of hydrogen-bond acceptors (Lipinski definition) is 8. The number of halogens is 1. The van der Waals surface area contributed by atoms with Crippen molar-refractivity contribution in [3.05, 3.63) is 48.3 Å². The molecule has 11 heteroatoms. The minimum absolute atomic E-state index is 0.243. The van der Waals surface area contributed by atoms with Gasteiger partial charge < -0.3 is 20.1 Å². The van der Waals surface area contributed by atoms with Crippen molar-refractivity contribution in [1.29, 1.82) is 0 Å². The molecule has 0 radical (unpaired) electrons. The number of nitrogens with zero attached hydrogens (tertiary/aromatic N) is 7. The second-order valence-corrected chi connectivity index (χ2v) is 11.0. The molecule has 5 aromatic heterocycles. The van der Waals surface area contributed by atoms with Gasteiger partial charge in [-0.25, -0.2) is 14.4 Å². The van der Waals surface area contributed by atoms with Crippen LogP contribution in [0, 0.1) is 11.7 Å². The van der Waals surface area contributed by atoms with Gasteiger partial charge in [0.2, 0.25) is 0 Å². The van der Waals surface area contributed by atoms with Gasteiger partial charge in [0.1, 0.15) is 16.9 Å². The fourth-order valence-electron chi connectivity index (χ4n) is 6.01. The molecule has 0 atom stereocenters. The van der Waals surface area contributed by atoms with E-state index in [9.17, 15) is 0 Å². The number of rotatable bonds is 7. The SMILES string of the molecule is CN1CCN(c2ccnc3[nH]c(-c4n[nH]c5cnc(-c6cncc(CNCC7CCCC7)c6)c(F)c45)nc23)CC1. The van der Waals surface area contributed by atoms with Crippen LogP contribution in [-0.2, 0) is 6.54 Å². The first kappa shape index (κ1) is 25.0. The molecule has 40 heavy (non-hydrogen) atoms. The zero-order valence-corrected chi connectivity index (χ0v) is 22.6. The first-order valence-electron chi connectivity index (χ1n) is 14.1. The van der Waals surface area contributed by atoms with E-state index in [1.165, 1.54) is 25.7 Å². The molecule has 1 saturated heterocycles. The van der Waals surface area contributed by atoms with Crippen LogP contribution in [0.5, 0.6) is 0 Å². The lowest BCUT2D eigenvalue weighted by atomic mass is 10.1. The number of aromatic amines is 2. The van der Waals surface area contributed by atoms with E-state index in [2.05, 4.69) is 52.3 Å². The molecule has 206 valence electrons. The van der Waals surface area contributed by atoms with Crippen molar-refractivity contribution >= 4 is 27.8 Å². The standard InChI is InChI=1S/C29H33FN10/c1-39-8-10-40(11-9-39)22-6-7-33-28-26(22)35-29(36-28)27-23-21(37-38-27)17-34-25(24(23)30)20-12-19(15-32-16-20)14-31-13-18-4-2-3-5-18/h6-7,12,15-18,31H,2-5,8-11,13-14H2,1H3,(H,37,38)(H,33,35,36). The molecular weight excluding hydrogens is 507 g/mol. The Labute approximate surface area is 231 Å². The summed E-state index contributed by atoms with van der Waals surface area (Å²) < 4.78 is 16.1. The predicted molar refractivity (Wildman–Crippen MR) is 153 cm³/mol. The summed E-state index contributed by atoms with van der Waals surface area (Å²) in [6.07, 6.45) is 12.1. The molecule has 0 spiro atoms. The van der Waals surface area contributed by atoms with Crippen molar-refractivity contribution in [2.45, 2.75) is 32.2 Å². The smallest absolute Gasteiger partial charge is 0.161 e. The first-order chi connectivity index (χ1) is 19.6. The van der Waals surface area contributed by atoms with E-state index in [1.807, 2.05) is 18.3 Å². The van der Waals surface area contributed by atoms with E-state index in [4.69, 9.17) is 4.98 Å². The van der Waals surface area contributed by atoms with E-state index >= 15 is 4.39 Å². The van der Waals surface area contributed by atoms with E-state index < -0.39 is 5.82 Å². The summed E-state index contributed by atoms with van der Waals surface area (Å²) in [7, 11) is 2.13. The van der Waals surface area contributed by atoms with Crippen molar-refractivity contribution < 1.29 is 4.39 Å². The fraction of sp³-hybridized carbons (Fsp3) is 0.414. The van der Waals surface area contributed by atoms with Crippen LogP contribution in [-0.4, -0.2) is 79.8 Å². The first-order valence-corrected chi connectivity index (χ1v) is 14.1. The second kappa shape index (κ2) is 10.5. The predicted octanol–water partition coefficient (Wildman–Crippen LogP) is 4.13. The molecule has 2 aliphatic rings. The summed E-state index contributed by atoms with van der Waals surface area (Å²) in [5.41, 5.74) is 5.22. The zero-order chi connectivity index (χ0) is 27.1. The van der Waals surface area contributed by atoms with Gasteiger partial charge in [0, 0.05) is 56.9 Å². The van der Waals surface area contributed by atoms with Gasteiger partial charge in [-0.05, 0) is 50.0 Å². The van der Waals surface area contributed by atoms with Crippen molar-refractivity contribution in [1.82, 2.24) is 45.3 Å². The van der Waals surface area contributed by atoms with Gasteiger partial charge in [-0.3, -0.25) is 15.1 Å². The lowest BCUT2D eigenvalue weighted by Crippen LogP contribution is -2.44. The highest BCUT2D eigenvalue weighted by molar-refractivity contribution is 5.96. The molecule has 0 aromatic carbocycles. The molecule has 0 amide bonds. The summed E-state index contributed by atoms with van der Waals surface area (Å²) >= 11 is 0. The molecule has 7 rings (SSSR count). The van der Waals surface area contributed by atoms with Crippen molar-refractivity contribution in [2.75, 3.05) is 44.7 Å². The molecule has 10 nitrogen and oxygen atoms in total. The maximum absolute atomic E-state index is 16.1. The largest absolute Gasteiger partial charge is 0.367 e. The molecule has 6 heterocycles. The van der Waals surface area contributed by atoms with Gasteiger partial charge >= 0.3 is 0 Å². The second-order valence-electron chi connectivity index (χ2n) is 11.0. The lowest BCUT2D eigenvalue weighted by Gasteiger charge is -2.33. The van der Waals surface area contributed by atoms with Crippen LogP contribution in [0.3, 0.4) is 0 Å². The van der Waals surface area contributed by atoms with Gasteiger partial charge in [0.15, 0.2) is 17.3 Å². The molecule has 0 bridgehead atoms.